The van der Waals surface area contributed by atoms with Crippen LogP contribution in [-0.2, 0) is 11.1 Å². The van der Waals surface area contributed by atoms with E-state index >= 15 is 0 Å². The summed E-state index contributed by atoms with van der Waals surface area (Å²) in [5.41, 5.74) is 0. The zero-order valence-corrected chi connectivity index (χ0v) is 6.81. The molecule has 0 spiro atoms. The minimum atomic E-state index is -1.86. The van der Waals surface area contributed by atoms with Crippen molar-refractivity contribution in [1.82, 2.24) is 0 Å². The minimum absolute atomic E-state index is 0.178. The summed E-state index contributed by atoms with van der Waals surface area (Å²) in [6, 6.07) is 7.94. The van der Waals surface area contributed by atoms with Gasteiger partial charge in [0.2, 0.25) is 0 Å². The maximum Gasteiger partial charge on any atom is 0.123 e. The lowest BCUT2D eigenvalue weighted by Gasteiger charge is -1.85. The fraction of sp³-hybridized carbons (Fsp3) is 0.143. The molecule has 1 rings (SSSR count). The second-order valence-electron chi connectivity index (χ2n) is 1.70. The molecule has 0 aliphatic heterocycles. The zero-order chi connectivity index (χ0) is 8.69. The van der Waals surface area contributed by atoms with Crippen molar-refractivity contribution >= 4 is 11.1 Å². The lowest BCUT2D eigenvalue weighted by molar-refractivity contribution is 0.543. The highest BCUT2D eigenvalue weighted by Crippen LogP contribution is 1.91. The highest BCUT2D eigenvalue weighted by atomic mass is 32.2. The van der Waals surface area contributed by atoms with Crippen LogP contribution in [0.3, 0.4) is 0 Å². The van der Waals surface area contributed by atoms with E-state index < -0.39 is 11.1 Å². The Hall–Kier alpha value is -0.740. The average molecular weight is 175 g/mol. The number of hydrogen-bond acceptors (Lipinski definition) is 2. The van der Waals surface area contributed by atoms with Gasteiger partial charge in [-0.1, -0.05) is 29.3 Å². The lowest BCUT2D eigenvalue weighted by Crippen LogP contribution is -1.73. The van der Waals surface area contributed by atoms with E-state index in [9.17, 15) is 4.39 Å². The Labute approximate surface area is 67.3 Å². The first kappa shape index (κ1) is 10.3. The van der Waals surface area contributed by atoms with Gasteiger partial charge in [-0.3, -0.25) is 4.21 Å². The molecule has 0 saturated heterocycles. The van der Waals surface area contributed by atoms with Crippen LogP contribution in [0.4, 0.5) is 4.39 Å². The highest BCUT2D eigenvalue weighted by Gasteiger charge is 1.77. The van der Waals surface area contributed by atoms with Gasteiger partial charge in [-0.15, -0.1) is 0 Å². The van der Waals surface area contributed by atoms with E-state index in [1.54, 1.807) is 18.2 Å². The molecule has 0 N–H and O–H groups in total. The number of rotatable bonds is 0. The highest BCUT2D eigenvalue weighted by molar-refractivity contribution is 7.78. The normalized spacial score (nSPS) is 11.2. The van der Waals surface area contributed by atoms with E-state index in [2.05, 4.69) is 0 Å². The van der Waals surface area contributed by atoms with Crippen LogP contribution in [0.5, 0.6) is 0 Å². The zero-order valence-electron chi connectivity index (χ0n) is 5.99. The van der Waals surface area contributed by atoms with Gasteiger partial charge in [0.25, 0.3) is 0 Å². The molecule has 4 heteroatoms. The third kappa shape index (κ3) is 9.26. The third-order valence-corrected chi connectivity index (χ3v) is 0.733. The predicted molar refractivity (Wildman–Crippen MR) is 41.2 cm³/mol. The Balaban J connectivity index is 0.000000218. The summed E-state index contributed by atoms with van der Waals surface area (Å²) in [6.07, 6.45) is 1.08. The number of hydrogen-bond donors (Lipinski definition) is 0. The first-order chi connectivity index (χ1) is 5.13. The quantitative estimate of drug-likeness (QED) is 0.558. The fourth-order valence-corrected chi connectivity index (χ4v) is 0.415. The smallest absolute Gasteiger partial charge is 0.123 e. The van der Waals surface area contributed by atoms with Gasteiger partial charge in [-0.05, 0) is 18.4 Å². The van der Waals surface area contributed by atoms with E-state index in [1.807, 2.05) is 0 Å². The van der Waals surface area contributed by atoms with Crippen molar-refractivity contribution in [2.45, 2.75) is 0 Å². The van der Waals surface area contributed by atoms with Crippen molar-refractivity contribution in [2.24, 2.45) is 0 Å². The second kappa shape index (κ2) is 6.00. The molecule has 0 saturated carbocycles. The van der Waals surface area contributed by atoms with Gasteiger partial charge in [0.1, 0.15) is 5.82 Å². The molecule has 11 heavy (non-hydrogen) atoms. The largest absolute Gasteiger partial charge is 0.773 e. The molecule has 0 heterocycles. The Bertz CT molecular complexity index is 209. The molecule has 1 unspecified atom stereocenters. The molecule has 0 radical (unpaired) electrons. The van der Waals surface area contributed by atoms with Crippen LogP contribution in [-0.4, -0.2) is 15.0 Å². The second-order valence-corrected chi connectivity index (χ2v) is 2.50. The van der Waals surface area contributed by atoms with Crippen molar-refractivity contribution in [3.63, 3.8) is 0 Å². The van der Waals surface area contributed by atoms with Crippen molar-refractivity contribution < 1.29 is 13.2 Å². The molecule has 0 amide bonds. The summed E-state index contributed by atoms with van der Waals surface area (Å²) in [7, 11) is 0. The van der Waals surface area contributed by atoms with Crippen LogP contribution < -0.4 is 0 Å². The Morgan fingerprint density at radius 2 is 1.73 bits per heavy atom. The Morgan fingerprint density at radius 3 is 1.91 bits per heavy atom. The third-order valence-electron chi connectivity index (χ3n) is 0.733. The summed E-state index contributed by atoms with van der Waals surface area (Å²) in [5, 5.41) is 0. The van der Waals surface area contributed by atoms with Gasteiger partial charge in [-0.2, -0.15) is 0 Å². The molecule has 0 aromatic heterocycles. The van der Waals surface area contributed by atoms with Gasteiger partial charge >= 0.3 is 0 Å². The van der Waals surface area contributed by atoms with Gasteiger partial charge in [0.15, 0.2) is 0 Å². The average Bonchev–Trinajstić information content (AvgIpc) is 1.87. The van der Waals surface area contributed by atoms with Gasteiger partial charge in [0, 0.05) is 0 Å². The van der Waals surface area contributed by atoms with Gasteiger partial charge in [-0.25, -0.2) is 4.39 Å². The molecule has 2 nitrogen and oxygen atoms in total. The maximum atomic E-state index is 11.9. The van der Waals surface area contributed by atoms with Crippen LogP contribution in [0.2, 0.25) is 0 Å². The summed E-state index contributed by atoms with van der Waals surface area (Å²) >= 11 is -1.86. The SMILES string of the molecule is CS(=O)[O-].Fc1ccccc1. The Kier molecular flexibility index (Phi) is 5.60. The van der Waals surface area contributed by atoms with Crippen molar-refractivity contribution in [1.29, 1.82) is 0 Å². The molecule has 62 valence electrons. The summed E-state index contributed by atoms with van der Waals surface area (Å²) < 4.78 is 29.9. The van der Waals surface area contributed by atoms with Crippen LogP contribution in [0.15, 0.2) is 30.3 Å². The molecular formula is C7H8FO2S-. The Morgan fingerprint density at radius 1 is 1.36 bits per heavy atom. The molecule has 1 atom stereocenters. The first-order valence-corrected chi connectivity index (χ1v) is 4.32. The van der Waals surface area contributed by atoms with E-state index in [1.165, 1.54) is 12.1 Å². The molecule has 0 bridgehead atoms. The van der Waals surface area contributed by atoms with E-state index in [4.69, 9.17) is 8.76 Å². The lowest BCUT2D eigenvalue weighted by atomic mass is 10.4. The van der Waals surface area contributed by atoms with Gasteiger partial charge in [0.05, 0.1) is 0 Å². The summed E-state index contributed by atoms with van der Waals surface area (Å²) in [4.78, 5) is 0. The molecule has 1 aromatic carbocycles. The van der Waals surface area contributed by atoms with Crippen LogP contribution >= 0.6 is 0 Å². The molecule has 0 fully saturated rings. The van der Waals surface area contributed by atoms with E-state index in [0.29, 0.717) is 0 Å². The van der Waals surface area contributed by atoms with Crippen molar-refractivity contribution in [3.05, 3.63) is 36.1 Å². The van der Waals surface area contributed by atoms with Gasteiger partial charge < -0.3 is 4.55 Å². The topological polar surface area (TPSA) is 40.1 Å². The molecular weight excluding hydrogens is 167 g/mol. The van der Waals surface area contributed by atoms with Crippen molar-refractivity contribution in [3.8, 4) is 0 Å². The van der Waals surface area contributed by atoms with Crippen molar-refractivity contribution in [2.75, 3.05) is 6.26 Å². The van der Waals surface area contributed by atoms with E-state index in [0.717, 1.165) is 6.26 Å². The standard InChI is InChI=1S/C6H5F.CH4O2S/c7-6-4-2-1-3-5-6;1-4(2)3/h1-5H;1H3,(H,2,3)/p-1. The monoisotopic (exact) mass is 175 g/mol. The summed E-state index contributed by atoms with van der Waals surface area (Å²) in [6.45, 7) is 0. The number of benzene rings is 1. The number of halogens is 1. The maximum absolute atomic E-state index is 11.9. The molecule has 1 aromatic rings. The minimum Gasteiger partial charge on any atom is -0.773 e. The predicted octanol–water partition coefficient (Wildman–Crippen LogP) is 1.32. The first-order valence-electron chi connectivity index (χ1n) is 2.84. The van der Waals surface area contributed by atoms with E-state index in [-0.39, 0.29) is 5.82 Å². The molecule has 0 aliphatic rings. The van der Waals surface area contributed by atoms with Crippen LogP contribution in [0.25, 0.3) is 0 Å². The molecule has 0 aliphatic carbocycles. The summed E-state index contributed by atoms with van der Waals surface area (Å²) in [5.74, 6) is -0.178. The fourth-order valence-electron chi connectivity index (χ4n) is 0.415. The van der Waals surface area contributed by atoms with Crippen LogP contribution in [0, 0.1) is 5.82 Å². The van der Waals surface area contributed by atoms with Crippen LogP contribution in [0.1, 0.15) is 0 Å².